The van der Waals surface area contributed by atoms with Crippen LogP contribution in [0.25, 0.3) is 0 Å². The predicted molar refractivity (Wildman–Crippen MR) is 73.5 cm³/mol. The molecule has 2 aliphatic rings. The molecule has 3 rings (SSSR count). The van der Waals surface area contributed by atoms with Crippen LogP contribution in [0.3, 0.4) is 0 Å². The van der Waals surface area contributed by atoms with Crippen molar-refractivity contribution in [2.75, 3.05) is 6.61 Å². The number of aryl methyl sites for hydroxylation is 1. The van der Waals surface area contributed by atoms with Crippen LogP contribution in [0, 0.1) is 6.92 Å². The zero-order valence-corrected chi connectivity index (χ0v) is 12.7. The van der Waals surface area contributed by atoms with Gasteiger partial charge in [-0.25, -0.2) is 4.79 Å². The number of hydrogen-bond donors (Lipinski definition) is 3. The van der Waals surface area contributed by atoms with Gasteiger partial charge >= 0.3 is 17.8 Å². The Balaban J connectivity index is 1.95. The minimum atomic E-state index is -5.18. The third-order valence-electron chi connectivity index (χ3n) is 4.42. The Bertz CT molecular complexity index is 818. The van der Waals surface area contributed by atoms with Gasteiger partial charge in [0.25, 0.3) is 5.56 Å². The van der Waals surface area contributed by atoms with Crippen molar-refractivity contribution in [2.45, 2.75) is 43.6 Å². The van der Waals surface area contributed by atoms with Crippen molar-refractivity contribution in [1.82, 2.24) is 14.5 Å². The predicted octanol–water partition coefficient (Wildman–Crippen LogP) is -1.76. The van der Waals surface area contributed by atoms with E-state index in [0.29, 0.717) is 4.90 Å². The van der Waals surface area contributed by atoms with E-state index in [0.717, 1.165) is 10.8 Å². The van der Waals surface area contributed by atoms with E-state index in [2.05, 4.69) is 0 Å². The van der Waals surface area contributed by atoms with Crippen molar-refractivity contribution in [3.8, 4) is 0 Å². The van der Waals surface area contributed by atoms with E-state index in [1.54, 1.807) is 0 Å². The Hall–Kier alpha value is -2.18. The number of rotatable bonds is 2. The number of nitrogens with one attached hydrogen (secondary N) is 1. The van der Waals surface area contributed by atoms with Gasteiger partial charge in [0.2, 0.25) is 0 Å². The van der Waals surface area contributed by atoms with Gasteiger partial charge in [0.1, 0.15) is 12.2 Å². The highest BCUT2D eigenvalue weighted by molar-refractivity contribution is 5.83. The molecular formula is C13H14F3N3O6. The number of aromatic nitrogens is 2. The van der Waals surface area contributed by atoms with Crippen molar-refractivity contribution in [3.63, 3.8) is 0 Å². The summed E-state index contributed by atoms with van der Waals surface area (Å²) in [5.41, 5.74) is -1.45. The second kappa shape index (κ2) is 5.68. The number of amides is 1. The topological polar surface area (TPSA) is 125 Å². The molecule has 25 heavy (non-hydrogen) atoms. The largest absolute Gasteiger partial charge is 0.471 e. The first kappa shape index (κ1) is 17.6. The molecule has 2 saturated heterocycles. The fraction of sp³-hybridized carbons (Fsp3) is 0.615. The first-order valence-electron chi connectivity index (χ1n) is 7.24. The number of aliphatic hydroxyl groups excluding tert-OH is 2. The average molecular weight is 365 g/mol. The summed E-state index contributed by atoms with van der Waals surface area (Å²) >= 11 is 0. The van der Waals surface area contributed by atoms with Gasteiger partial charge in [0.05, 0.1) is 18.7 Å². The Morgan fingerprint density at radius 2 is 2.04 bits per heavy atom. The summed E-state index contributed by atoms with van der Waals surface area (Å²) in [7, 11) is 0. The minimum absolute atomic E-state index is 0.122. The summed E-state index contributed by atoms with van der Waals surface area (Å²) in [5, 5.41) is 19.6. The molecule has 0 radical (unpaired) electrons. The molecule has 0 bridgehead atoms. The van der Waals surface area contributed by atoms with Crippen LogP contribution in [0.2, 0.25) is 0 Å². The normalized spacial score (nSPS) is 31.6. The SMILES string of the molecule is Cc1cn(C2OC3C(CO)N(C(=O)C(F)(F)F)C3C2O)c(=O)[nH]c1=O. The van der Waals surface area contributed by atoms with Gasteiger partial charge in [-0.1, -0.05) is 0 Å². The van der Waals surface area contributed by atoms with Gasteiger partial charge < -0.3 is 19.8 Å². The third-order valence-corrected chi connectivity index (χ3v) is 4.42. The second-order valence-corrected chi connectivity index (χ2v) is 5.91. The Kier molecular flexibility index (Phi) is 4.00. The van der Waals surface area contributed by atoms with Crippen LogP contribution in [-0.2, 0) is 9.53 Å². The van der Waals surface area contributed by atoms with Crippen LogP contribution in [0.15, 0.2) is 15.8 Å². The van der Waals surface area contributed by atoms with Crippen LogP contribution in [-0.4, -0.2) is 67.6 Å². The highest BCUT2D eigenvalue weighted by atomic mass is 19.4. The van der Waals surface area contributed by atoms with E-state index in [4.69, 9.17) is 4.74 Å². The van der Waals surface area contributed by atoms with Crippen LogP contribution >= 0.6 is 0 Å². The van der Waals surface area contributed by atoms with E-state index in [1.165, 1.54) is 6.92 Å². The maximum atomic E-state index is 12.7. The maximum Gasteiger partial charge on any atom is 0.471 e. The average Bonchev–Trinajstić information content (AvgIpc) is 2.76. The Labute approximate surface area is 137 Å². The Morgan fingerprint density at radius 3 is 2.60 bits per heavy atom. The van der Waals surface area contributed by atoms with Crippen molar-refractivity contribution < 1.29 is 32.9 Å². The molecule has 1 aromatic rings. The van der Waals surface area contributed by atoms with E-state index >= 15 is 0 Å². The molecule has 0 spiro atoms. The highest BCUT2D eigenvalue weighted by Gasteiger charge is 2.65. The molecule has 2 aliphatic heterocycles. The van der Waals surface area contributed by atoms with Gasteiger partial charge in [-0.05, 0) is 6.92 Å². The van der Waals surface area contributed by atoms with Crippen LogP contribution < -0.4 is 11.2 Å². The number of carbonyl (C=O) groups is 1. The quantitative estimate of drug-likeness (QED) is 0.570. The zero-order chi connectivity index (χ0) is 18.7. The number of carbonyl (C=O) groups excluding carboxylic acids is 1. The molecule has 0 aliphatic carbocycles. The van der Waals surface area contributed by atoms with Crippen LogP contribution in [0.1, 0.15) is 11.8 Å². The molecule has 5 unspecified atom stereocenters. The lowest BCUT2D eigenvalue weighted by Crippen LogP contribution is -2.73. The number of nitrogens with zero attached hydrogens (tertiary/aromatic N) is 2. The van der Waals surface area contributed by atoms with Gasteiger partial charge in [-0.3, -0.25) is 19.1 Å². The molecule has 12 heteroatoms. The maximum absolute atomic E-state index is 12.7. The number of fused-ring (bicyclic) bond motifs is 1. The summed E-state index contributed by atoms with van der Waals surface area (Å²) in [6, 6.07) is -2.66. The summed E-state index contributed by atoms with van der Waals surface area (Å²) in [6.07, 6.45) is -8.21. The fourth-order valence-electron chi connectivity index (χ4n) is 3.23. The number of aliphatic hydroxyl groups is 2. The number of hydrogen-bond acceptors (Lipinski definition) is 6. The third kappa shape index (κ3) is 2.56. The van der Waals surface area contributed by atoms with Crippen molar-refractivity contribution in [1.29, 1.82) is 0 Å². The van der Waals surface area contributed by atoms with E-state index in [-0.39, 0.29) is 5.56 Å². The summed E-state index contributed by atoms with van der Waals surface area (Å²) in [6.45, 7) is 0.586. The van der Waals surface area contributed by atoms with Crippen LogP contribution in [0.5, 0.6) is 0 Å². The van der Waals surface area contributed by atoms with Crippen molar-refractivity contribution in [3.05, 3.63) is 32.6 Å². The van der Waals surface area contributed by atoms with Crippen molar-refractivity contribution >= 4 is 5.91 Å². The first-order valence-corrected chi connectivity index (χ1v) is 7.24. The number of ether oxygens (including phenoxy) is 1. The molecule has 9 nitrogen and oxygen atoms in total. The smallest absolute Gasteiger partial charge is 0.394 e. The number of halogens is 3. The lowest BCUT2D eigenvalue weighted by Gasteiger charge is -2.50. The first-order chi connectivity index (χ1) is 11.6. The molecule has 2 fully saturated rings. The van der Waals surface area contributed by atoms with E-state index in [1.807, 2.05) is 4.98 Å². The molecule has 3 heterocycles. The standard InChI is InChI=1S/C13H14F3N3O6/c1-4-2-18(12(24)17-9(4)22)10-7(21)6-8(25-10)5(3-20)19(6)11(23)13(14,15)16/h2,5-8,10,20-21H,3H2,1H3,(H,17,22,24). The fourth-order valence-corrected chi connectivity index (χ4v) is 3.23. The van der Waals surface area contributed by atoms with Crippen LogP contribution in [0.4, 0.5) is 13.2 Å². The van der Waals surface area contributed by atoms with Gasteiger partial charge in [-0.15, -0.1) is 0 Å². The highest BCUT2D eigenvalue weighted by Crippen LogP contribution is 2.44. The number of alkyl halides is 3. The van der Waals surface area contributed by atoms with Gasteiger partial charge in [0.15, 0.2) is 6.23 Å². The lowest BCUT2D eigenvalue weighted by atomic mass is 9.87. The summed E-state index contributed by atoms with van der Waals surface area (Å²) < 4.78 is 44.4. The minimum Gasteiger partial charge on any atom is -0.394 e. The molecule has 1 amide bonds. The molecule has 5 atom stereocenters. The Morgan fingerprint density at radius 1 is 1.40 bits per heavy atom. The molecule has 0 saturated carbocycles. The molecule has 0 aromatic carbocycles. The van der Waals surface area contributed by atoms with E-state index in [9.17, 15) is 37.8 Å². The lowest BCUT2D eigenvalue weighted by molar-refractivity contribution is -0.213. The molecule has 3 N–H and O–H groups in total. The van der Waals surface area contributed by atoms with Gasteiger partial charge in [-0.2, -0.15) is 13.2 Å². The number of aromatic amines is 1. The molecular weight excluding hydrogens is 351 g/mol. The number of H-pyrrole nitrogens is 1. The van der Waals surface area contributed by atoms with E-state index < -0.39 is 60.5 Å². The zero-order valence-electron chi connectivity index (χ0n) is 12.7. The van der Waals surface area contributed by atoms with Gasteiger partial charge in [0, 0.05) is 11.8 Å². The summed E-state index contributed by atoms with van der Waals surface area (Å²) in [5.74, 6) is -2.21. The second-order valence-electron chi connectivity index (χ2n) is 5.91. The monoisotopic (exact) mass is 365 g/mol. The summed E-state index contributed by atoms with van der Waals surface area (Å²) in [4.78, 5) is 37.1. The van der Waals surface area contributed by atoms with Crippen molar-refractivity contribution in [2.24, 2.45) is 0 Å². The molecule has 138 valence electrons. The molecule has 1 aromatic heterocycles. The number of likely N-dealkylation sites (tertiary alicyclic amines) is 1.